The molecule has 0 bridgehead atoms. The van der Waals surface area contributed by atoms with Crippen molar-refractivity contribution in [2.45, 2.75) is 245 Å². The minimum Gasteiger partial charge on any atom is -0.456 e. The molecule has 0 saturated carbocycles. The Morgan fingerprint density at radius 3 is 1.28 bits per heavy atom. The Kier molecular flexibility index (Phi) is 52.2. The van der Waals surface area contributed by atoms with E-state index in [0.717, 1.165) is 135 Å². The van der Waals surface area contributed by atoms with Crippen molar-refractivity contribution >= 4 is 19.7 Å². The molecule has 0 fully saturated rings. The van der Waals surface area contributed by atoms with Gasteiger partial charge in [0.1, 0.15) is 19.3 Å². The SMILES string of the molecule is CC/C=C\C/C=C\C/C=C\C/C=C\C/C=C\C/C=C\CCCCC(=O)OC(/C=C/CCCCCCCCCCCCC)C(COP(=O)(O)OCC[N+](C)(C)C)NC(=O)CCCCCCCC/C=C/C/C=C/C/C=C/CC. The van der Waals surface area contributed by atoms with Crippen LogP contribution >= 0.6 is 7.82 Å². The minimum atomic E-state index is -4.47. The lowest BCUT2D eigenvalue weighted by Crippen LogP contribution is -2.47. The molecule has 0 aliphatic heterocycles. The van der Waals surface area contributed by atoms with Gasteiger partial charge in [-0.2, -0.15) is 0 Å². The molecule has 0 aliphatic rings. The molecule has 0 aromatic rings. The number of phosphoric acid groups is 1. The van der Waals surface area contributed by atoms with Crippen molar-refractivity contribution in [1.82, 2.24) is 5.32 Å². The number of likely N-dealkylation sites (N-methyl/N-ethyl adjacent to an activating group) is 1. The van der Waals surface area contributed by atoms with E-state index in [1.807, 2.05) is 33.3 Å². The maximum atomic E-state index is 13.5. The van der Waals surface area contributed by atoms with Crippen LogP contribution in [0.3, 0.4) is 0 Å². The van der Waals surface area contributed by atoms with E-state index < -0.39 is 20.0 Å². The lowest BCUT2D eigenvalue weighted by molar-refractivity contribution is -0.870. The Morgan fingerprint density at radius 2 is 0.842 bits per heavy atom. The monoisotopic (exact) mass is 1080 g/mol. The number of phosphoric ester groups is 1. The van der Waals surface area contributed by atoms with Crippen LogP contribution in [0.25, 0.3) is 0 Å². The summed E-state index contributed by atoms with van der Waals surface area (Å²) in [5.41, 5.74) is 0. The number of hydrogen-bond acceptors (Lipinski definition) is 6. The second-order valence-electron chi connectivity index (χ2n) is 21.1. The van der Waals surface area contributed by atoms with Gasteiger partial charge in [0.25, 0.3) is 0 Å². The van der Waals surface area contributed by atoms with Crippen molar-refractivity contribution in [3.63, 3.8) is 0 Å². The zero-order valence-corrected chi connectivity index (χ0v) is 50.3. The van der Waals surface area contributed by atoms with E-state index >= 15 is 0 Å². The van der Waals surface area contributed by atoms with E-state index in [-0.39, 0.29) is 31.5 Å². The Morgan fingerprint density at radius 1 is 0.474 bits per heavy atom. The standard InChI is InChI=1S/C66H113N2O7P/c1-7-10-13-16-19-22-25-28-30-32-33-34-35-36-38-41-44-47-50-53-56-59-66(70)75-64(57-54-51-48-45-42-39-27-24-21-18-15-12-9-3)63(62-74-76(71,72)73-61-60-68(4,5)6)67-65(69)58-55-52-49-46-43-40-37-31-29-26-23-20-17-14-11-8-2/h10-11,13-14,19-20,22-23,28-31,33-34,36,38,44,47,54,57,63-64H,7-9,12,15-18,21,24-27,32,35,37,39-43,45-46,48-53,55-56,58-62H2,1-6H3,(H-,67,69,71,72)/p+1/b13-10-,14-11+,22-19-,23-20+,30-28-,31-29+,34-33-,38-36-,47-44-,57-54+. The summed E-state index contributed by atoms with van der Waals surface area (Å²) in [5.74, 6) is -0.579. The third-order valence-corrected chi connectivity index (χ3v) is 13.6. The number of unbranched alkanes of at least 4 members (excludes halogenated alkanes) is 19. The molecular weight excluding hydrogens is 964 g/mol. The van der Waals surface area contributed by atoms with Crippen molar-refractivity contribution in [1.29, 1.82) is 0 Å². The predicted octanol–water partition coefficient (Wildman–Crippen LogP) is 18.7. The molecule has 2 N–H and O–H groups in total. The lowest BCUT2D eigenvalue weighted by Gasteiger charge is -2.27. The van der Waals surface area contributed by atoms with Gasteiger partial charge in [0.05, 0.1) is 33.8 Å². The molecule has 0 aromatic carbocycles. The smallest absolute Gasteiger partial charge is 0.456 e. The van der Waals surface area contributed by atoms with Crippen LogP contribution in [-0.4, -0.2) is 74.3 Å². The molecule has 0 rings (SSSR count). The third kappa shape index (κ3) is 55.2. The number of nitrogens with one attached hydrogen (secondary N) is 1. The normalized spacial score (nSPS) is 14.6. The first kappa shape index (κ1) is 72.4. The van der Waals surface area contributed by atoms with E-state index in [4.69, 9.17) is 13.8 Å². The number of rotatable bonds is 53. The fourth-order valence-corrected chi connectivity index (χ4v) is 8.75. The van der Waals surface area contributed by atoms with Crippen molar-refractivity contribution in [3.05, 3.63) is 122 Å². The maximum absolute atomic E-state index is 13.5. The van der Waals surface area contributed by atoms with Crippen LogP contribution in [0.15, 0.2) is 122 Å². The summed E-state index contributed by atoms with van der Waals surface area (Å²) in [6, 6.07) is -0.882. The fourth-order valence-electron chi connectivity index (χ4n) is 8.01. The fraction of sp³-hybridized carbons (Fsp3) is 0.667. The molecule has 3 unspecified atom stereocenters. The summed E-state index contributed by atoms with van der Waals surface area (Å²) in [6.45, 7) is 6.73. The summed E-state index contributed by atoms with van der Waals surface area (Å²) in [6.07, 6.45) is 76.2. The topological polar surface area (TPSA) is 111 Å². The first-order valence-corrected chi connectivity index (χ1v) is 31.9. The first-order valence-electron chi connectivity index (χ1n) is 30.4. The zero-order chi connectivity index (χ0) is 55.7. The van der Waals surface area contributed by atoms with Crippen molar-refractivity contribution in [2.24, 2.45) is 0 Å². The molecule has 3 atom stereocenters. The molecule has 0 heterocycles. The van der Waals surface area contributed by atoms with Crippen LogP contribution in [-0.2, 0) is 27.9 Å². The van der Waals surface area contributed by atoms with Gasteiger partial charge >= 0.3 is 13.8 Å². The number of nitrogens with zero attached hydrogens (tertiary/aromatic N) is 1. The largest absolute Gasteiger partial charge is 0.472 e. The number of allylic oxidation sites excluding steroid dienone is 19. The lowest BCUT2D eigenvalue weighted by atomic mass is 10.0. The molecule has 1 amide bonds. The van der Waals surface area contributed by atoms with Crippen LogP contribution in [0.5, 0.6) is 0 Å². The van der Waals surface area contributed by atoms with Crippen molar-refractivity contribution in [2.75, 3.05) is 40.9 Å². The quantitative estimate of drug-likeness (QED) is 0.0205. The summed E-state index contributed by atoms with van der Waals surface area (Å²) < 4.78 is 30.6. The van der Waals surface area contributed by atoms with Gasteiger partial charge in [-0.1, -0.05) is 226 Å². The highest BCUT2D eigenvalue weighted by molar-refractivity contribution is 7.47. The number of amides is 1. The predicted molar refractivity (Wildman–Crippen MR) is 327 cm³/mol. The van der Waals surface area contributed by atoms with E-state index in [2.05, 4.69) is 135 Å². The summed E-state index contributed by atoms with van der Waals surface area (Å²) in [7, 11) is 1.44. The average molecular weight is 1080 g/mol. The van der Waals surface area contributed by atoms with E-state index in [9.17, 15) is 19.0 Å². The number of esters is 1. The Bertz CT molecular complexity index is 1720. The van der Waals surface area contributed by atoms with Gasteiger partial charge in [-0.25, -0.2) is 4.57 Å². The van der Waals surface area contributed by atoms with Crippen molar-refractivity contribution < 1.29 is 37.3 Å². The highest BCUT2D eigenvalue weighted by atomic mass is 31.2. The van der Waals surface area contributed by atoms with Gasteiger partial charge in [-0.3, -0.25) is 18.6 Å². The molecule has 434 valence electrons. The number of quaternary nitrogens is 1. The van der Waals surface area contributed by atoms with Gasteiger partial charge in [-0.15, -0.1) is 0 Å². The molecule has 76 heavy (non-hydrogen) atoms. The molecule has 0 radical (unpaired) electrons. The molecule has 10 heteroatoms. The first-order chi connectivity index (χ1) is 36.9. The van der Waals surface area contributed by atoms with Crippen LogP contribution in [0.4, 0.5) is 0 Å². The number of carbonyl (C=O) groups is 2. The highest BCUT2D eigenvalue weighted by Crippen LogP contribution is 2.43. The Labute approximate surface area is 467 Å². The Hall–Kier alpha value is -3.59. The molecule has 0 aliphatic carbocycles. The van der Waals surface area contributed by atoms with Crippen molar-refractivity contribution in [3.8, 4) is 0 Å². The van der Waals surface area contributed by atoms with E-state index in [1.54, 1.807) is 0 Å². The molecule has 9 nitrogen and oxygen atoms in total. The third-order valence-electron chi connectivity index (χ3n) is 12.6. The number of carbonyl (C=O) groups excluding carboxylic acids is 2. The maximum Gasteiger partial charge on any atom is 0.472 e. The van der Waals surface area contributed by atoms with Crippen LogP contribution < -0.4 is 5.32 Å². The van der Waals surface area contributed by atoms with Gasteiger partial charge in [0.15, 0.2) is 0 Å². The van der Waals surface area contributed by atoms with E-state index in [1.165, 1.54) is 57.8 Å². The number of ether oxygens (including phenoxy) is 1. The zero-order valence-electron chi connectivity index (χ0n) is 49.4. The number of hydrogen-bond donors (Lipinski definition) is 2. The summed E-state index contributed by atoms with van der Waals surface area (Å²) >= 11 is 0. The van der Waals surface area contributed by atoms with Crippen LogP contribution in [0.1, 0.15) is 233 Å². The Balaban J connectivity index is 5.42. The van der Waals surface area contributed by atoms with Crippen LogP contribution in [0.2, 0.25) is 0 Å². The minimum absolute atomic E-state index is 0.0237. The molecular formula is C66H114N2O7P+. The summed E-state index contributed by atoms with van der Waals surface area (Å²) in [4.78, 5) is 37.7. The average Bonchev–Trinajstić information content (AvgIpc) is 3.38. The van der Waals surface area contributed by atoms with Gasteiger partial charge < -0.3 is 19.4 Å². The van der Waals surface area contributed by atoms with Gasteiger partial charge in [0, 0.05) is 12.8 Å². The van der Waals surface area contributed by atoms with E-state index in [0.29, 0.717) is 23.9 Å². The molecule has 0 spiro atoms. The highest BCUT2D eigenvalue weighted by Gasteiger charge is 2.30. The second kappa shape index (κ2) is 54.8. The summed E-state index contributed by atoms with van der Waals surface area (Å²) in [5, 5.41) is 3.03. The molecule has 0 saturated heterocycles. The van der Waals surface area contributed by atoms with Gasteiger partial charge in [0.2, 0.25) is 5.91 Å². The second-order valence-corrected chi connectivity index (χ2v) is 22.6. The van der Waals surface area contributed by atoms with Gasteiger partial charge in [-0.05, 0) is 115 Å². The molecule has 0 aromatic heterocycles. The van der Waals surface area contributed by atoms with Crippen LogP contribution in [0, 0.1) is 0 Å².